The van der Waals surface area contributed by atoms with Gasteiger partial charge in [-0.3, -0.25) is 0 Å². The van der Waals surface area contributed by atoms with E-state index in [1.54, 1.807) is 13.0 Å². The highest BCUT2D eigenvalue weighted by Gasteiger charge is 2.32. The van der Waals surface area contributed by atoms with Crippen LogP contribution in [-0.4, -0.2) is 9.13 Å². The minimum Gasteiger partial charge on any atom is -0.310 e. The van der Waals surface area contributed by atoms with Crippen LogP contribution in [0.25, 0.3) is 127 Å². The van der Waals surface area contributed by atoms with Crippen LogP contribution in [0.4, 0.5) is 18.9 Å². The molecule has 11 aromatic carbocycles. The Hall–Kier alpha value is -9.70. The second kappa shape index (κ2) is 18.1. The number of alkyl halides is 3. The molecule has 0 amide bonds. The van der Waals surface area contributed by atoms with Crippen LogP contribution in [0, 0.1) is 13.5 Å². The third kappa shape index (κ3) is 7.76. The zero-order chi connectivity index (χ0) is 50.8. The Labute approximate surface area is 432 Å². The predicted octanol–water partition coefficient (Wildman–Crippen LogP) is 19.8. The summed E-state index contributed by atoms with van der Waals surface area (Å²) in [5, 5.41) is 4.16. The summed E-state index contributed by atoms with van der Waals surface area (Å²) in [5.74, 6) is 0. The highest BCUT2D eigenvalue weighted by molar-refractivity contribution is 6.15. The maximum absolute atomic E-state index is 14.5. The lowest BCUT2D eigenvalue weighted by molar-refractivity contribution is -0.137. The van der Waals surface area contributed by atoms with Crippen LogP contribution in [0.1, 0.15) is 11.1 Å². The molecular formula is C69H44F3N3. The number of halogens is 3. The van der Waals surface area contributed by atoms with E-state index in [2.05, 4.69) is 172 Å². The zero-order valence-electron chi connectivity index (χ0n) is 40.6. The Morgan fingerprint density at radius 2 is 0.800 bits per heavy atom. The molecule has 0 bridgehead atoms. The number of fused-ring (bicyclic) bond motifs is 6. The van der Waals surface area contributed by atoms with E-state index in [1.807, 2.05) is 72.8 Å². The molecule has 0 unspecified atom stereocenters. The van der Waals surface area contributed by atoms with Crippen LogP contribution < -0.4 is 0 Å². The standard InChI is InChI=1S/C69H44F3N3/c1-44-38-53(69(70,71)72)33-34-54(44)56-27-17-29-65(74-61-28-16-15-26-55(61)57-39-49(30-35-62(57)74)45-18-7-3-8-19-45)67(56)68-60(73-2)42-52(48-24-13-6-14-25-48)43-66(68)75-63-36-31-50(46-20-9-4-10-21-46)40-58(63)59-41-51(32-37-64(59)75)47-22-11-5-12-23-47/h3-43H,1H3. The van der Waals surface area contributed by atoms with E-state index in [-0.39, 0.29) is 0 Å². The minimum absolute atomic E-state index is 0.397. The topological polar surface area (TPSA) is 14.2 Å². The Morgan fingerprint density at radius 3 is 1.29 bits per heavy atom. The van der Waals surface area contributed by atoms with E-state index in [4.69, 9.17) is 0 Å². The number of rotatable bonds is 8. The van der Waals surface area contributed by atoms with Crippen molar-refractivity contribution in [3.8, 4) is 78.1 Å². The minimum atomic E-state index is -4.54. The molecule has 0 atom stereocenters. The number of nitrogens with zero attached hydrogens (tertiary/aromatic N) is 3. The fourth-order valence-corrected chi connectivity index (χ4v) is 11.2. The molecule has 0 aliphatic rings. The molecule has 0 aliphatic heterocycles. The van der Waals surface area contributed by atoms with Crippen LogP contribution in [0.2, 0.25) is 0 Å². The van der Waals surface area contributed by atoms with Gasteiger partial charge in [-0.25, -0.2) is 4.85 Å². The molecular weight excluding hydrogens is 928 g/mol. The lowest BCUT2D eigenvalue weighted by Gasteiger charge is -2.24. The van der Waals surface area contributed by atoms with Crippen LogP contribution in [-0.2, 0) is 6.18 Å². The first kappa shape index (κ1) is 45.2. The summed E-state index contributed by atoms with van der Waals surface area (Å²) in [4.78, 5) is 4.45. The van der Waals surface area contributed by atoms with Gasteiger partial charge in [0.15, 0.2) is 5.69 Å². The van der Waals surface area contributed by atoms with Gasteiger partial charge in [-0.1, -0.05) is 176 Å². The van der Waals surface area contributed by atoms with E-state index >= 15 is 0 Å². The fourth-order valence-electron chi connectivity index (χ4n) is 11.2. The molecule has 2 aromatic heterocycles. The van der Waals surface area contributed by atoms with Gasteiger partial charge in [-0.15, -0.1) is 0 Å². The monoisotopic (exact) mass is 971 g/mol. The molecule has 75 heavy (non-hydrogen) atoms. The number of hydrogen-bond donors (Lipinski definition) is 0. The number of aryl methyl sites for hydroxylation is 1. The highest BCUT2D eigenvalue weighted by atomic mass is 19.4. The summed E-state index contributed by atoms with van der Waals surface area (Å²) in [6.45, 7) is 10.9. The molecule has 0 N–H and O–H groups in total. The second-order valence-corrected chi connectivity index (χ2v) is 19.1. The summed E-state index contributed by atoms with van der Waals surface area (Å²) in [5.41, 5.74) is 16.4. The molecule has 13 rings (SSSR count). The second-order valence-electron chi connectivity index (χ2n) is 19.1. The summed E-state index contributed by atoms with van der Waals surface area (Å²) < 4.78 is 48.0. The van der Waals surface area contributed by atoms with E-state index in [9.17, 15) is 19.7 Å². The number of para-hydroxylation sites is 1. The van der Waals surface area contributed by atoms with Crippen molar-refractivity contribution in [1.82, 2.24) is 9.13 Å². The molecule has 0 saturated carbocycles. The maximum atomic E-state index is 14.5. The predicted molar refractivity (Wildman–Crippen MR) is 304 cm³/mol. The highest BCUT2D eigenvalue weighted by Crippen LogP contribution is 2.51. The normalized spacial score (nSPS) is 11.7. The van der Waals surface area contributed by atoms with Crippen molar-refractivity contribution >= 4 is 49.3 Å². The number of aromatic nitrogens is 2. The van der Waals surface area contributed by atoms with Crippen molar-refractivity contribution in [3.63, 3.8) is 0 Å². The van der Waals surface area contributed by atoms with Gasteiger partial charge in [0.2, 0.25) is 0 Å². The smallest absolute Gasteiger partial charge is 0.310 e. The molecule has 0 spiro atoms. The molecule has 0 fully saturated rings. The Bertz CT molecular complexity index is 4300. The first-order valence-corrected chi connectivity index (χ1v) is 24.9. The van der Waals surface area contributed by atoms with Crippen LogP contribution in [0.15, 0.2) is 249 Å². The SMILES string of the molecule is [C-]#[N+]c1cc(-c2ccccc2)cc(-n2c3ccc(-c4ccccc4)cc3c3cc(-c4ccccc4)ccc32)c1-c1c(-c2ccc(C(F)(F)F)cc2C)cccc1-n1c2ccccc2c2cc(-c3ccccc3)ccc21. The van der Waals surface area contributed by atoms with Gasteiger partial charge in [-0.05, 0) is 141 Å². The summed E-state index contributed by atoms with van der Waals surface area (Å²) >= 11 is 0. The van der Waals surface area contributed by atoms with E-state index in [0.717, 1.165) is 99.5 Å². The van der Waals surface area contributed by atoms with Crippen molar-refractivity contribution < 1.29 is 13.2 Å². The quantitative estimate of drug-likeness (QED) is 0.135. The van der Waals surface area contributed by atoms with E-state index < -0.39 is 11.7 Å². The average molecular weight is 972 g/mol. The first-order chi connectivity index (χ1) is 36.7. The molecule has 6 heteroatoms. The molecule has 0 radical (unpaired) electrons. The Kier molecular flexibility index (Phi) is 10.9. The fraction of sp³-hybridized carbons (Fsp3) is 0.0290. The Morgan fingerprint density at radius 1 is 0.347 bits per heavy atom. The third-order valence-electron chi connectivity index (χ3n) is 14.7. The van der Waals surface area contributed by atoms with Crippen molar-refractivity contribution in [2.24, 2.45) is 0 Å². The molecule has 2 heterocycles. The van der Waals surface area contributed by atoms with E-state index in [1.165, 1.54) is 12.1 Å². The molecule has 13 aromatic rings. The van der Waals surface area contributed by atoms with Gasteiger partial charge in [0.05, 0.1) is 39.9 Å². The lowest BCUT2D eigenvalue weighted by Crippen LogP contribution is -2.06. The summed E-state index contributed by atoms with van der Waals surface area (Å²) in [6, 6.07) is 83.5. The van der Waals surface area contributed by atoms with Gasteiger partial charge >= 0.3 is 6.18 Å². The first-order valence-electron chi connectivity index (χ1n) is 24.9. The van der Waals surface area contributed by atoms with Gasteiger partial charge < -0.3 is 9.13 Å². The molecule has 356 valence electrons. The number of benzene rings is 11. The molecule has 0 saturated heterocycles. The lowest BCUT2D eigenvalue weighted by atomic mass is 9.87. The average Bonchev–Trinajstić information content (AvgIpc) is 3.99. The van der Waals surface area contributed by atoms with Gasteiger partial charge in [0.1, 0.15) is 0 Å². The van der Waals surface area contributed by atoms with Gasteiger partial charge in [0, 0.05) is 38.4 Å². The van der Waals surface area contributed by atoms with Gasteiger partial charge in [0.25, 0.3) is 0 Å². The van der Waals surface area contributed by atoms with Crippen molar-refractivity contribution in [1.29, 1.82) is 0 Å². The summed E-state index contributed by atoms with van der Waals surface area (Å²) in [7, 11) is 0. The number of hydrogen-bond acceptors (Lipinski definition) is 0. The van der Waals surface area contributed by atoms with Crippen molar-refractivity contribution in [2.45, 2.75) is 13.1 Å². The Balaban J connectivity index is 1.19. The van der Waals surface area contributed by atoms with Crippen LogP contribution >= 0.6 is 0 Å². The van der Waals surface area contributed by atoms with Crippen LogP contribution in [0.5, 0.6) is 0 Å². The van der Waals surface area contributed by atoms with Crippen LogP contribution in [0.3, 0.4) is 0 Å². The van der Waals surface area contributed by atoms with E-state index in [0.29, 0.717) is 33.5 Å². The zero-order valence-corrected chi connectivity index (χ0v) is 40.6. The summed E-state index contributed by atoms with van der Waals surface area (Å²) in [6.07, 6.45) is -4.54. The molecule has 3 nitrogen and oxygen atoms in total. The molecule has 0 aliphatic carbocycles. The largest absolute Gasteiger partial charge is 0.416 e. The van der Waals surface area contributed by atoms with Crippen molar-refractivity contribution in [2.75, 3.05) is 0 Å². The van der Waals surface area contributed by atoms with Gasteiger partial charge in [-0.2, -0.15) is 13.2 Å². The third-order valence-corrected chi connectivity index (χ3v) is 14.7. The maximum Gasteiger partial charge on any atom is 0.416 e. The van der Waals surface area contributed by atoms with Crippen molar-refractivity contribution in [3.05, 3.63) is 271 Å².